The van der Waals surface area contributed by atoms with Crippen molar-refractivity contribution < 1.29 is 9.47 Å². The van der Waals surface area contributed by atoms with Crippen LogP contribution in [-0.2, 0) is 10.2 Å². The fourth-order valence-corrected chi connectivity index (χ4v) is 4.27. The minimum atomic E-state index is -0.227. The van der Waals surface area contributed by atoms with Gasteiger partial charge in [0.05, 0.1) is 4.99 Å². The largest absolute Gasteiger partial charge is 0.490 e. The maximum atomic E-state index is 6.20. The van der Waals surface area contributed by atoms with Gasteiger partial charge in [0, 0.05) is 37.8 Å². The normalized spacial score (nSPS) is 22.0. The summed E-state index contributed by atoms with van der Waals surface area (Å²) in [5.74, 6) is 0.942. The molecule has 0 aromatic heterocycles. The second-order valence-electron chi connectivity index (χ2n) is 7.53. The van der Waals surface area contributed by atoms with Crippen molar-refractivity contribution in [3.05, 3.63) is 29.8 Å². The second kappa shape index (κ2) is 8.02. The van der Waals surface area contributed by atoms with Gasteiger partial charge in [-0.3, -0.25) is 0 Å². The predicted molar refractivity (Wildman–Crippen MR) is 105 cm³/mol. The number of rotatable bonds is 5. The van der Waals surface area contributed by atoms with Gasteiger partial charge in [-0.1, -0.05) is 24.4 Å². The summed E-state index contributed by atoms with van der Waals surface area (Å²) in [6, 6.07) is 9.02. The first kappa shape index (κ1) is 18.6. The van der Waals surface area contributed by atoms with Gasteiger partial charge in [-0.25, -0.2) is 0 Å². The number of nitrogens with two attached hydrogens (primary N) is 1. The zero-order chi connectivity index (χ0) is 17.9. The SMILES string of the molecule is CC(C)N1CCC(Oc2ccc(C3(C(N)=S)CCOCC3)cc2)CC1. The van der Waals surface area contributed by atoms with Crippen molar-refractivity contribution in [2.75, 3.05) is 26.3 Å². The molecule has 3 rings (SSSR count). The first-order chi connectivity index (χ1) is 12.0. The molecule has 25 heavy (non-hydrogen) atoms. The molecule has 1 aromatic rings. The van der Waals surface area contributed by atoms with Crippen LogP contribution in [0, 0.1) is 0 Å². The molecule has 2 saturated heterocycles. The lowest BCUT2D eigenvalue weighted by Gasteiger charge is -2.37. The van der Waals surface area contributed by atoms with E-state index in [4.69, 9.17) is 27.4 Å². The standard InChI is InChI=1S/C20H30N2O2S/c1-15(2)22-11-7-18(8-12-22)24-17-5-3-16(4-6-17)20(19(21)25)9-13-23-14-10-20/h3-6,15,18H,7-14H2,1-2H3,(H2,21,25). The topological polar surface area (TPSA) is 47.7 Å². The molecular weight excluding hydrogens is 332 g/mol. The molecule has 2 aliphatic heterocycles. The molecule has 0 saturated carbocycles. The van der Waals surface area contributed by atoms with Crippen LogP contribution in [0.4, 0.5) is 0 Å². The van der Waals surface area contributed by atoms with E-state index < -0.39 is 0 Å². The highest BCUT2D eigenvalue weighted by molar-refractivity contribution is 7.80. The van der Waals surface area contributed by atoms with Gasteiger partial charge in [-0.05, 0) is 57.2 Å². The molecule has 0 radical (unpaired) electrons. The summed E-state index contributed by atoms with van der Waals surface area (Å²) in [6.45, 7) is 8.17. The lowest BCUT2D eigenvalue weighted by atomic mass is 9.74. The molecule has 0 aliphatic carbocycles. The van der Waals surface area contributed by atoms with E-state index >= 15 is 0 Å². The summed E-state index contributed by atoms with van der Waals surface area (Å²) in [5.41, 5.74) is 7.06. The number of hydrogen-bond donors (Lipinski definition) is 1. The van der Waals surface area contributed by atoms with Crippen molar-refractivity contribution in [2.45, 2.75) is 57.1 Å². The van der Waals surface area contributed by atoms with Crippen LogP contribution in [0.2, 0.25) is 0 Å². The number of benzene rings is 1. The van der Waals surface area contributed by atoms with Gasteiger partial charge in [0.15, 0.2) is 0 Å². The van der Waals surface area contributed by atoms with E-state index in [2.05, 4.69) is 43.0 Å². The van der Waals surface area contributed by atoms with Gasteiger partial charge >= 0.3 is 0 Å². The first-order valence-corrected chi connectivity index (χ1v) is 9.81. The molecule has 0 atom stereocenters. The lowest BCUT2D eigenvalue weighted by Crippen LogP contribution is -2.44. The Morgan fingerprint density at radius 2 is 1.80 bits per heavy atom. The van der Waals surface area contributed by atoms with E-state index in [9.17, 15) is 0 Å². The van der Waals surface area contributed by atoms with Crippen LogP contribution in [-0.4, -0.2) is 48.3 Å². The van der Waals surface area contributed by atoms with E-state index in [1.165, 1.54) is 5.56 Å². The summed E-state index contributed by atoms with van der Waals surface area (Å²) in [7, 11) is 0. The van der Waals surface area contributed by atoms with Crippen LogP contribution in [0.1, 0.15) is 45.1 Å². The third kappa shape index (κ3) is 4.15. The van der Waals surface area contributed by atoms with Gasteiger partial charge in [0.2, 0.25) is 0 Å². The molecule has 2 heterocycles. The first-order valence-electron chi connectivity index (χ1n) is 9.40. The maximum absolute atomic E-state index is 6.20. The van der Waals surface area contributed by atoms with Crippen molar-refractivity contribution in [3.63, 3.8) is 0 Å². The Hall–Kier alpha value is -1.17. The highest BCUT2D eigenvalue weighted by atomic mass is 32.1. The Morgan fingerprint density at radius 3 is 2.32 bits per heavy atom. The number of ether oxygens (including phenoxy) is 2. The Morgan fingerprint density at radius 1 is 1.20 bits per heavy atom. The fraction of sp³-hybridized carbons (Fsp3) is 0.650. The highest BCUT2D eigenvalue weighted by Gasteiger charge is 2.37. The molecule has 1 aromatic carbocycles. The average Bonchev–Trinajstić information content (AvgIpc) is 2.63. The van der Waals surface area contributed by atoms with Crippen molar-refractivity contribution in [1.82, 2.24) is 4.90 Å². The summed E-state index contributed by atoms with van der Waals surface area (Å²) < 4.78 is 11.7. The quantitative estimate of drug-likeness (QED) is 0.815. The summed E-state index contributed by atoms with van der Waals surface area (Å²) in [4.78, 5) is 3.09. The number of nitrogens with zero attached hydrogens (tertiary/aromatic N) is 1. The average molecular weight is 363 g/mol. The molecule has 0 spiro atoms. The third-order valence-corrected chi connectivity index (χ3v) is 6.13. The van der Waals surface area contributed by atoms with E-state index in [0.29, 0.717) is 30.3 Å². The summed E-state index contributed by atoms with van der Waals surface area (Å²) >= 11 is 5.39. The minimum absolute atomic E-state index is 0.227. The van der Waals surface area contributed by atoms with E-state index in [-0.39, 0.29) is 5.41 Å². The maximum Gasteiger partial charge on any atom is 0.119 e. The Labute approximate surface area is 156 Å². The number of piperidine rings is 1. The Kier molecular flexibility index (Phi) is 5.97. The van der Waals surface area contributed by atoms with E-state index in [0.717, 1.165) is 44.5 Å². The molecule has 0 bridgehead atoms. The predicted octanol–water partition coefficient (Wildman–Crippen LogP) is 3.27. The van der Waals surface area contributed by atoms with Gasteiger partial charge in [-0.2, -0.15) is 0 Å². The molecular formula is C20H30N2O2S. The lowest BCUT2D eigenvalue weighted by molar-refractivity contribution is 0.0710. The molecule has 138 valence electrons. The van der Waals surface area contributed by atoms with Crippen molar-refractivity contribution in [1.29, 1.82) is 0 Å². The van der Waals surface area contributed by atoms with Gasteiger partial charge < -0.3 is 20.1 Å². The number of likely N-dealkylation sites (tertiary alicyclic amines) is 1. The van der Waals surface area contributed by atoms with Crippen LogP contribution in [0.25, 0.3) is 0 Å². The van der Waals surface area contributed by atoms with E-state index in [1.54, 1.807) is 0 Å². The number of thiocarbonyl (C=S) groups is 1. The monoisotopic (exact) mass is 362 g/mol. The van der Waals surface area contributed by atoms with Crippen LogP contribution in [0.3, 0.4) is 0 Å². The van der Waals surface area contributed by atoms with Crippen molar-refractivity contribution in [3.8, 4) is 5.75 Å². The molecule has 5 heteroatoms. The molecule has 2 aliphatic rings. The smallest absolute Gasteiger partial charge is 0.119 e. The van der Waals surface area contributed by atoms with Crippen LogP contribution < -0.4 is 10.5 Å². The van der Waals surface area contributed by atoms with Gasteiger partial charge in [-0.15, -0.1) is 0 Å². The third-order valence-electron chi connectivity index (χ3n) is 5.73. The molecule has 2 fully saturated rings. The van der Waals surface area contributed by atoms with Crippen LogP contribution >= 0.6 is 12.2 Å². The second-order valence-corrected chi connectivity index (χ2v) is 7.97. The van der Waals surface area contributed by atoms with Crippen molar-refractivity contribution >= 4 is 17.2 Å². The molecule has 4 nitrogen and oxygen atoms in total. The summed E-state index contributed by atoms with van der Waals surface area (Å²) in [6.07, 6.45) is 4.21. The molecule has 0 amide bonds. The Bertz CT molecular complexity index is 574. The van der Waals surface area contributed by atoms with Crippen LogP contribution in [0.5, 0.6) is 5.75 Å². The zero-order valence-electron chi connectivity index (χ0n) is 15.4. The highest BCUT2D eigenvalue weighted by Crippen LogP contribution is 2.36. The van der Waals surface area contributed by atoms with Crippen molar-refractivity contribution in [2.24, 2.45) is 5.73 Å². The fourth-order valence-electron chi connectivity index (χ4n) is 3.95. The minimum Gasteiger partial charge on any atom is -0.490 e. The molecule has 0 unspecified atom stereocenters. The van der Waals surface area contributed by atoms with Crippen LogP contribution in [0.15, 0.2) is 24.3 Å². The molecule has 2 N–H and O–H groups in total. The summed E-state index contributed by atoms with van der Waals surface area (Å²) in [5, 5.41) is 0. The zero-order valence-corrected chi connectivity index (χ0v) is 16.2. The van der Waals surface area contributed by atoms with Gasteiger partial charge in [0.1, 0.15) is 11.9 Å². The van der Waals surface area contributed by atoms with Gasteiger partial charge in [0.25, 0.3) is 0 Å². The Balaban J connectivity index is 1.63. The van der Waals surface area contributed by atoms with E-state index in [1.807, 2.05) is 0 Å². The number of hydrogen-bond acceptors (Lipinski definition) is 4.